The lowest BCUT2D eigenvalue weighted by atomic mass is 9.96. The largest absolute Gasteiger partial charge is 0.497 e. The molecule has 5 rings (SSSR count). The second kappa shape index (κ2) is 10.3. The number of benzene rings is 2. The van der Waals surface area contributed by atoms with E-state index in [1.165, 1.54) is 12.1 Å². The number of anilines is 2. The van der Waals surface area contributed by atoms with Gasteiger partial charge < -0.3 is 19.4 Å². The van der Waals surface area contributed by atoms with Gasteiger partial charge in [0.2, 0.25) is 5.91 Å². The average Bonchev–Trinajstić information content (AvgIpc) is 2.93. The molecule has 2 aliphatic heterocycles. The van der Waals surface area contributed by atoms with Gasteiger partial charge in [0.1, 0.15) is 11.6 Å². The predicted octanol–water partition coefficient (Wildman–Crippen LogP) is 3.86. The molecule has 1 aromatic heterocycles. The number of carbonyl (C=O) groups is 1. The number of halogens is 1. The number of rotatable bonds is 5. The SMILES string of the molecule is COc1ccc(N2CCN(C(=O)C3CCCN(c4ccc(-c5ccc(F)cc5)nn4)C3)CC2)cc1. The molecule has 2 aliphatic rings. The molecule has 0 radical (unpaired) electrons. The number of ether oxygens (including phenoxy) is 1. The Morgan fingerprint density at radius 1 is 0.886 bits per heavy atom. The molecule has 1 amide bonds. The van der Waals surface area contributed by atoms with Crippen molar-refractivity contribution in [1.29, 1.82) is 0 Å². The summed E-state index contributed by atoms with van der Waals surface area (Å²) in [5.74, 6) is 1.55. The van der Waals surface area contributed by atoms with Gasteiger partial charge in [-0.15, -0.1) is 10.2 Å². The molecule has 182 valence electrons. The Hall–Kier alpha value is -3.68. The summed E-state index contributed by atoms with van der Waals surface area (Å²) in [5, 5.41) is 8.74. The van der Waals surface area contributed by atoms with Crippen LogP contribution in [0.1, 0.15) is 12.8 Å². The maximum Gasteiger partial charge on any atom is 0.227 e. The number of methoxy groups -OCH3 is 1. The van der Waals surface area contributed by atoms with Crippen LogP contribution in [0.15, 0.2) is 60.7 Å². The fraction of sp³-hybridized carbons (Fsp3) is 0.370. The minimum Gasteiger partial charge on any atom is -0.497 e. The Kier molecular flexibility index (Phi) is 6.79. The predicted molar refractivity (Wildman–Crippen MR) is 134 cm³/mol. The van der Waals surface area contributed by atoms with E-state index in [0.29, 0.717) is 12.2 Å². The van der Waals surface area contributed by atoms with E-state index in [1.54, 1.807) is 19.2 Å². The first-order valence-corrected chi connectivity index (χ1v) is 12.1. The van der Waals surface area contributed by atoms with Gasteiger partial charge in [-0.2, -0.15) is 0 Å². The summed E-state index contributed by atoms with van der Waals surface area (Å²) in [6.45, 7) is 4.62. The number of piperazine rings is 1. The Morgan fingerprint density at radius 3 is 2.29 bits per heavy atom. The number of amides is 1. The quantitative estimate of drug-likeness (QED) is 0.559. The molecule has 0 aliphatic carbocycles. The highest BCUT2D eigenvalue weighted by Crippen LogP contribution is 2.26. The topological polar surface area (TPSA) is 61.8 Å². The number of carbonyl (C=O) groups excluding carboxylic acids is 1. The molecule has 0 N–H and O–H groups in total. The third-order valence-corrected chi connectivity index (χ3v) is 6.91. The molecule has 0 bridgehead atoms. The summed E-state index contributed by atoms with van der Waals surface area (Å²) in [6, 6.07) is 18.1. The second-order valence-corrected chi connectivity index (χ2v) is 9.08. The van der Waals surface area contributed by atoms with E-state index < -0.39 is 0 Å². The Bertz CT molecular complexity index is 1130. The van der Waals surface area contributed by atoms with Crippen LogP contribution in [0.3, 0.4) is 0 Å². The van der Waals surface area contributed by atoms with Crippen LogP contribution < -0.4 is 14.5 Å². The van der Waals surface area contributed by atoms with Crippen LogP contribution in [-0.2, 0) is 4.79 Å². The van der Waals surface area contributed by atoms with Crippen molar-refractivity contribution < 1.29 is 13.9 Å². The lowest BCUT2D eigenvalue weighted by Crippen LogP contribution is -2.52. The zero-order valence-electron chi connectivity index (χ0n) is 19.9. The van der Waals surface area contributed by atoms with Crippen LogP contribution in [0.25, 0.3) is 11.3 Å². The molecule has 35 heavy (non-hydrogen) atoms. The van der Waals surface area contributed by atoms with Gasteiger partial charge >= 0.3 is 0 Å². The molecule has 3 aromatic rings. The smallest absolute Gasteiger partial charge is 0.227 e. The van der Waals surface area contributed by atoms with Crippen LogP contribution >= 0.6 is 0 Å². The molecular weight excluding hydrogens is 445 g/mol. The van der Waals surface area contributed by atoms with Gasteiger partial charge in [0, 0.05) is 50.5 Å². The standard InChI is InChI=1S/C27H30FN5O2/c1-35-24-10-8-23(9-11-24)31-15-17-32(18-16-31)27(34)21-3-2-14-33(19-21)26-13-12-25(29-30-26)20-4-6-22(28)7-5-20/h4-13,21H,2-3,14-19H2,1H3. The Labute approximate surface area is 205 Å². The minimum atomic E-state index is -0.274. The molecule has 2 fully saturated rings. The summed E-state index contributed by atoms with van der Waals surface area (Å²) >= 11 is 0. The first-order chi connectivity index (χ1) is 17.1. The number of piperidine rings is 1. The zero-order chi connectivity index (χ0) is 24.2. The van der Waals surface area contributed by atoms with Crippen LogP contribution in [0.5, 0.6) is 5.75 Å². The van der Waals surface area contributed by atoms with Crippen molar-refractivity contribution in [3.63, 3.8) is 0 Å². The normalized spacial score (nSPS) is 18.5. The van der Waals surface area contributed by atoms with Crippen molar-refractivity contribution >= 4 is 17.4 Å². The number of aromatic nitrogens is 2. The van der Waals surface area contributed by atoms with Crippen LogP contribution in [0.4, 0.5) is 15.9 Å². The first-order valence-electron chi connectivity index (χ1n) is 12.1. The monoisotopic (exact) mass is 475 g/mol. The van der Waals surface area contributed by atoms with E-state index in [9.17, 15) is 9.18 Å². The van der Waals surface area contributed by atoms with Gasteiger partial charge in [0.15, 0.2) is 5.82 Å². The first kappa shape index (κ1) is 23.1. The summed E-state index contributed by atoms with van der Waals surface area (Å²) in [7, 11) is 1.67. The molecule has 1 unspecified atom stereocenters. The average molecular weight is 476 g/mol. The molecule has 0 spiro atoms. The number of nitrogens with zero attached hydrogens (tertiary/aromatic N) is 5. The second-order valence-electron chi connectivity index (χ2n) is 9.08. The van der Waals surface area contributed by atoms with E-state index >= 15 is 0 Å². The van der Waals surface area contributed by atoms with Crippen LogP contribution in [0, 0.1) is 11.7 Å². The van der Waals surface area contributed by atoms with Gasteiger partial charge in [-0.1, -0.05) is 0 Å². The summed E-state index contributed by atoms with van der Waals surface area (Å²) < 4.78 is 18.4. The van der Waals surface area contributed by atoms with E-state index in [2.05, 4.69) is 32.1 Å². The van der Waals surface area contributed by atoms with Gasteiger partial charge in [0.05, 0.1) is 18.7 Å². The van der Waals surface area contributed by atoms with Crippen molar-refractivity contribution in [3.05, 3.63) is 66.5 Å². The fourth-order valence-electron chi connectivity index (χ4n) is 4.89. The van der Waals surface area contributed by atoms with E-state index in [0.717, 1.165) is 68.4 Å². The number of hydrogen-bond acceptors (Lipinski definition) is 6. The van der Waals surface area contributed by atoms with Gasteiger partial charge in [-0.3, -0.25) is 4.79 Å². The molecule has 0 saturated carbocycles. The zero-order valence-corrected chi connectivity index (χ0v) is 19.9. The molecular formula is C27H30FN5O2. The molecule has 2 aromatic carbocycles. The summed E-state index contributed by atoms with van der Waals surface area (Å²) in [6.07, 6.45) is 1.85. The highest BCUT2D eigenvalue weighted by atomic mass is 19.1. The van der Waals surface area contributed by atoms with E-state index in [4.69, 9.17) is 4.74 Å². The van der Waals surface area contributed by atoms with Crippen molar-refractivity contribution in [3.8, 4) is 17.0 Å². The van der Waals surface area contributed by atoms with Crippen molar-refractivity contribution in [2.24, 2.45) is 5.92 Å². The van der Waals surface area contributed by atoms with Gasteiger partial charge in [-0.25, -0.2) is 4.39 Å². The van der Waals surface area contributed by atoms with Crippen LogP contribution in [-0.4, -0.2) is 67.4 Å². The van der Waals surface area contributed by atoms with E-state index in [-0.39, 0.29) is 17.6 Å². The third-order valence-electron chi connectivity index (χ3n) is 6.91. The molecule has 7 nitrogen and oxygen atoms in total. The maximum atomic E-state index is 13.3. The summed E-state index contributed by atoms with van der Waals surface area (Å²) in [4.78, 5) is 19.8. The third kappa shape index (κ3) is 5.21. The van der Waals surface area contributed by atoms with Crippen LogP contribution in [0.2, 0.25) is 0 Å². The van der Waals surface area contributed by atoms with Gasteiger partial charge in [-0.05, 0) is 73.5 Å². The number of hydrogen-bond donors (Lipinski definition) is 0. The minimum absolute atomic E-state index is 0.0325. The lowest BCUT2D eigenvalue weighted by molar-refractivity contribution is -0.136. The highest BCUT2D eigenvalue weighted by molar-refractivity contribution is 5.80. The van der Waals surface area contributed by atoms with Crippen molar-refractivity contribution in [2.45, 2.75) is 12.8 Å². The highest BCUT2D eigenvalue weighted by Gasteiger charge is 2.31. The van der Waals surface area contributed by atoms with Crippen molar-refractivity contribution in [2.75, 3.05) is 56.2 Å². The van der Waals surface area contributed by atoms with E-state index in [1.807, 2.05) is 29.2 Å². The molecule has 2 saturated heterocycles. The fourth-order valence-corrected chi connectivity index (χ4v) is 4.89. The maximum absolute atomic E-state index is 13.3. The summed E-state index contributed by atoms with van der Waals surface area (Å²) in [5.41, 5.74) is 2.68. The lowest BCUT2D eigenvalue weighted by Gasteiger charge is -2.40. The molecule has 3 heterocycles. The molecule has 1 atom stereocenters. The Balaban J connectivity index is 1.17. The molecule has 8 heteroatoms. The van der Waals surface area contributed by atoms with Crippen molar-refractivity contribution in [1.82, 2.24) is 15.1 Å². The van der Waals surface area contributed by atoms with Gasteiger partial charge in [0.25, 0.3) is 0 Å². The Morgan fingerprint density at radius 2 is 1.63 bits per heavy atom.